The van der Waals surface area contributed by atoms with E-state index in [0.717, 1.165) is 5.69 Å². The number of aromatic nitrogens is 1. The highest BCUT2D eigenvalue weighted by Crippen LogP contribution is 2.15. The molecule has 0 spiro atoms. The van der Waals surface area contributed by atoms with Gasteiger partial charge in [0.05, 0.1) is 16.3 Å². The molecule has 1 heterocycles. The Morgan fingerprint density at radius 3 is 2.42 bits per heavy atom. The molecule has 134 valence electrons. The zero-order chi connectivity index (χ0) is 18.9. The standard InChI is InChI=1S/C15H15N7O2S2/c1-10(13-4-2-3-9-16-13)18-20-15(26)21-19-14(25)17-11-5-7-12(8-6-11)22(23)24/h2-9H,1H3,(H2,17,19,25)(H2,20,21,26)/b18-10+. The summed E-state index contributed by atoms with van der Waals surface area (Å²) in [5.41, 5.74) is 10.0. The van der Waals surface area contributed by atoms with E-state index in [4.69, 9.17) is 24.4 Å². The highest BCUT2D eigenvalue weighted by molar-refractivity contribution is 7.80. The van der Waals surface area contributed by atoms with Gasteiger partial charge in [0.2, 0.25) is 5.11 Å². The molecule has 1 aromatic heterocycles. The van der Waals surface area contributed by atoms with Gasteiger partial charge in [-0.2, -0.15) is 5.10 Å². The normalized spacial score (nSPS) is 10.6. The van der Waals surface area contributed by atoms with Crippen LogP contribution in [-0.4, -0.2) is 25.8 Å². The zero-order valence-corrected chi connectivity index (χ0v) is 15.2. The summed E-state index contributed by atoms with van der Waals surface area (Å²) in [5, 5.41) is 18.0. The van der Waals surface area contributed by atoms with Gasteiger partial charge in [0.25, 0.3) is 5.69 Å². The van der Waals surface area contributed by atoms with Crippen molar-refractivity contribution >= 4 is 51.7 Å². The van der Waals surface area contributed by atoms with Crippen molar-refractivity contribution in [2.75, 3.05) is 5.32 Å². The monoisotopic (exact) mass is 389 g/mol. The van der Waals surface area contributed by atoms with Crippen LogP contribution < -0.4 is 21.6 Å². The van der Waals surface area contributed by atoms with Crippen molar-refractivity contribution < 1.29 is 4.92 Å². The smallest absolute Gasteiger partial charge is 0.269 e. The second-order valence-electron chi connectivity index (χ2n) is 4.86. The van der Waals surface area contributed by atoms with Crippen LogP contribution in [0.5, 0.6) is 0 Å². The third-order valence-electron chi connectivity index (χ3n) is 2.99. The molecule has 0 aliphatic carbocycles. The first-order chi connectivity index (χ1) is 12.5. The van der Waals surface area contributed by atoms with Crippen molar-refractivity contribution in [1.29, 1.82) is 0 Å². The van der Waals surface area contributed by atoms with E-state index in [1.54, 1.807) is 25.3 Å². The molecule has 1 aromatic carbocycles. The predicted octanol–water partition coefficient (Wildman–Crippen LogP) is 2.08. The molecule has 0 saturated heterocycles. The average Bonchev–Trinajstić information content (AvgIpc) is 2.65. The number of nitrogens with one attached hydrogen (secondary N) is 4. The summed E-state index contributed by atoms with van der Waals surface area (Å²) in [4.78, 5) is 14.3. The van der Waals surface area contributed by atoms with Crippen LogP contribution >= 0.6 is 24.4 Å². The lowest BCUT2D eigenvalue weighted by molar-refractivity contribution is -0.384. The number of rotatable bonds is 4. The maximum atomic E-state index is 10.6. The van der Waals surface area contributed by atoms with Gasteiger partial charge in [0.15, 0.2) is 5.11 Å². The van der Waals surface area contributed by atoms with Crippen LogP contribution in [0, 0.1) is 10.1 Å². The molecule has 2 aromatic rings. The number of non-ortho nitro benzene ring substituents is 1. The Morgan fingerprint density at radius 1 is 1.12 bits per heavy atom. The number of thiocarbonyl (C=S) groups is 2. The molecule has 0 bridgehead atoms. The number of hydrogen-bond donors (Lipinski definition) is 4. The molecular weight excluding hydrogens is 374 g/mol. The molecule has 11 heteroatoms. The van der Waals surface area contributed by atoms with Gasteiger partial charge >= 0.3 is 0 Å². The van der Waals surface area contributed by atoms with Gasteiger partial charge in [-0.25, -0.2) is 0 Å². The Hall–Kier alpha value is -3.18. The Morgan fingerprint density at radius 2 is 1.81 bits per heavy atom. The van der Waals surface area contributed by atoms with Gasteiger partial charge < -0.3 is 5.32 Å². The number of hydrazone groups is 1. The molecule has 2 rings (SSSR count). The van der Waals surface area contributed by atoms with Gasteiger partial charge in [-0.05, 0) is 55.6 Å². The van der Waals surface area contributed by atoms with Crippen molar-refractivity contribution in [2.45, 2.75) is 6.92 Å². The Bertz CT molecular complexity index is 826. The molecule has 9 nitrogen and oxygen atoms in total. The first-order valence-electron chi connectivity index (χ1n) is 7.29. The molecule has 0 radical (unpaired) electrons. The lowest BCUT2D eigenvalue weighted by Crippen LogP contribution is -2.47. The van der Waals surface area contributed by atoms with Gasteiger partial charge in [0.1, 0.15) is 0 Å². The number of benzene rings is 1. The van der Waals surface area contributed by atoms with Gasteiger partial charge in [-0.1, -0.05) is 6.07 Å². The van der Waals surface area contributed by atoms with E-state index in [0.29, 0.717) is 11.4 Å². The van der Waals surface area contributed by atoms with E-state index < -0.39 is 4.92 Å². The number of hydrazine groups is 1. The van der Waals surface area contributed by atoms with Crippen molar-refractivity contribution in [3.05, 3.63) is 64.5 Å². The second kappa shape index (κ2) is 9.34. The number of nitro groups is 1. The summed E-state index contributed by atoms with van der Waals surface area (Å²) in [5.74, 6) is 0. The Labute approximate surface area is 160 Å². The summed E-state index contributed by atoms with van der Waals surface area (Å²) >= 11 is 10.2. The number of nitrogens with zero attached hydrogens (tertiary/aromatic N) is 3. The molecule has 0 atom stereocenters. The summed E-state index contributed by atoms with van der Waals surface area (Å²) in [6, 6.07) is 11.4. The largest absolute Gasteiger partial charge is 0.331 e. The third kappa shape index (κ3) is 6.03. The van der Waals surface area contributed by atoms with E-state index in [2.05, 4.69) is 31.7 Å². The second-order valence-corrected chi connectivity index (χ2v) is 5.68. The minimum absolute atomic E-state index is 0.000863. The minimum atomic E-state index is -0.473. The van der Waals surface area contributed by atoms with E-state index in [1.165, 1.54) is 12.1 Å². The fourth-order valence-corrected chi connectivity index (χ4v) is 2.00. The van der Waals surface area contributed by atoms with Crippen LogP contribution in [0.1, 0.15) is 12.6 Å². The van der Waals surface area contributed by atoms with Crippen LogP contribution in [0.3, 0.4) is 0 Å². The fourth-order valence-electron chi connectivity index (χ4n) is 1.74. The molecule has 0 unspecified atom stereocenters. The van der Waals surface area contributed by atoms with Crippen molar-refractivity contribution in [2.24, 2.45) is 5.10 Å². The highest BCUT2D eigenvalue weighted by atomic mass is 32.1. The maximum Gasteiger partial charge on any atom is 0.269 e. The van der Waals surface area contributed by atoms with Gasteiger partial charge in [-0.3, -0.25) is 31.4 Å². The Kier molecular flexibility index (Phi) is 6.88. The minimum Gasteiger partial charge on any atom is -0.331 e. The average molecular weight is 389 g/mol. The number of hydrogen-bond acceptors (Lipinski definition) is 6. The zero-order valence-electron chi connectivity index (χ0n) is 13.6. The van der Waals surface area contributed by atoms with E-state index in [1.807, 2.05) is 18.2 Å². The lowest BCUT2D eigenvalue weighted by atomic mass is 10.3. The molecule has 0 saturated carbocycles. The Balaban J connectivity index is 1.78. The summed E-state index contributed by atoms with van der Waals surface area (Å²) in [7, 11) is 0. The van der Waals surface area contributed by atoms with Gasteiger partial charge in [-0.15, -0.1) is 0 Å². The summed E-state index contributed by atoms with van der Waals surface area (Å²) in [6.45, 7) is 1.80. The van der Waals surface area contributed by atoms with E-state index >= 15 is 0 Å². The molecule has 26 heavy (non-hydrogen) atoms. The number of pyridine rings is 1. The lowest BCUT2D eigenvalue weighted by Gasteiger charge is -2.12. The molecule has 4 N–H and O–H groups in total. The fraction of sp³-hybridized carbons (Fsp3) is 0.0667. The summed E-state index contributed by atoms with van der Waals surface area (Å²) < 4.78 is 0. The van der Waals surface area contributed by atoms with Crippen LogP contribution in [0.4, 0.5) is 11.4 Å². The highest BCUT2D eigenvalue weighted by Gasteiger charge is 2.05. The van der Waals surface area contributed by atoms with Crippen molar-refractivity contribution in [3.8, 4) is 0 Å². The van der Waals surface area contributed by atoms with E-state index in [-0.39, 0.29) is 15.9 Å². The van der Waals surface area contributed by atoms with Crippen LogP contribution in [-0.2, 0) is 0 Å². The van der Waals surface area contributed by atoms with Crippen LogP contribution in [0.15, 0.2) is 53.8 Å². The van der Waals surface area contributed by atoms with Crippen LogP contribution in [0.25, 0.3) is 0 Å². The topological polar surface area (TPSA) is 117 Å². The molecule has 0 amide bonds. The molecule has 0 fully saturated rings. The van der Waals surface area contributed by atoms with Crippen molar-refractivity contribution in [3.63, 3.8) is 0 Å². The number of anilines is 1. The molecular formula is C15H15N7O2S2. The third-order valence-corrected chi connectivity index (χ3v) is 3.38. The maximum absolute atomic E-state index is 10.6. The predicted molar refractivity (Wildman–Crippen MR) is 108 cm³/mol. The van der Waals surface area contributed by atoms with Crippen LogP contribution in [0.2, 0.25) is 0 Å². The summed E-state index contributed by atoms with van der Waals surface area (Å²) in [6.07, 6.45) is 1.68. The quantitative estimate of drug-likeness (QED) is 0.270. The van der Waals surface area contributed by atoms with E-state index in [9.17, 15) is 10.1 Å². The molecule has 0 aliphatic rings. The van der Waals surface area contributed by atoms with Crippen molar-refractivity contribution in [1.82, 2.24) is 21.3 Å². The first-order valence-corrected chi connectivity index (χ1v) is 8.10. The first kappa shape index (κ1) is 19.1. The van der Waals surface area contributed by atoms with Gasteiger partial charge in [0, 0.05) is 24.0 Å². The molecule has 0 aliphatic heterocycles. The number of nitro benzene ring substituents is 1. The SMILES string of the molecule is C/C(=N\NC(=S)NNC(=S)Nc1ccc([N+](=O)[O-])cc1)c1ccccn1.